The summed E-state index contributed by atoms with van der Waals surface area (Å²) in [6, 6.07) is 5.31. The number of thiazole rings is 1. The minimum atomic E-state index is -1.10. The maximum atomic E-state index is 12.8. The van der Waals surface area contributed by atoms with Crippen molar-refractivity contribution in [3.63, 3.8) is 0 Å². The number of benzene rings is 1. The summed E-state index contributed by atoms with van der Waals surface area (Å²) in [4.78, 5) is 26.6. The normalized spacial score (nSPS) is 11.9. The summed E-state index contributed by atoms with van der Waals surface area (Å²) < 4.78 is 12.8. The number of amides is 1. The highest BCUT2D eigenvalue weighted by Crippen LogP contribution is 2.18. The first-order valence-corrected chi connectivity index (χ1v) is 7.06. The van der Waals surface area contributed by atoms with Crippen LogP contribution in [-0.4, -0.2) is 22.0 Å². The van der Waals surface area contributed by atoms with Crippen LogP contribution >= 0.6 is 11.3 Å². The molecule has 0 fully saturated rings. The zero-order chi connectivity index (χ0) is 15.4. The fourth-order valence-corrected chi connectivity index (χ4v) is 2.53. The van der Waals surface area contributed by atoms with Crippen molar-refractivity contribution in [2.24, 2.45) is 0 Å². The average molecular weight is 308 g/mol. The van der Waals surface area contributed by atoms with Crippen LogP contribution in [0.1, 0.15) is 34.0 Å². The van der Waals surface area contributed by atoms with E-state index in [0.29, 0.717) is 10.6 Å². The number of nitrogens with one attached hydrogen (secondary N) is 1. The third-order valence-electron chi connectivity index (χ3n) is 2.77. The molecule has 0 saturated carbocycles. The summed E-state index contributed by atoms with van der Waals surface area (Å²) in [6.45, 7) is 1.73. The summed E-state index contributed by atoms with van der Waals surface area (Å²) in [5.74, 6) is -1.68. The Labute approximate surface area is 124 Å². The lowest BCUT2D eigenvalue weighted by atomic mass is 10.1. The van der Waals surface area contributed by atoms with Gasteiger partial charge in [0.25, 0.3) is 0 Å². The van der Waals surface area contributed by atoms with Gasteiger partial charge in [-0.3, -0.25) is 4.79 Å². The fraction of sp³-hybridized carbons (Fsp3) is 0.214. The predicted octanol–water partition coefficient (Wildman–Crippen LogP) is 2.40. The number of nitrogens with zero attached hydrogens (tertiary/aromatic N) is 1. The highest BCUT2D eigenvalue weighted by atomic mass is 32.1. The van der Waals surface area contributed by atoms with Gasteiger partial charge in [0.05, 0.1) is 12.5 Å². The summed E-state index contributed by atoms with van der Waals surface area (Å²) >= 11 is 1.18. The van der Waals surface area contributed by atoms with E-state index in [2.05, 4.69) is 10.3 Å². The summed E-state index contributed by atoms with van der Waals surface area (Å²) in [6.07, 6.45) is 0.127. The third kappa shape index (κ3) is 4.09. The van der Waals surface area contributed by atoms with Crippen molar-refractivity contribution in [2.75, 3.05) is 0 Å². The Bertz CT molecular complexity index is 654. The molecule has 0 aliphatic heterocycles. The van der Waals surface area contributed by atoms with Crippen LogP contribution in [0.15, 0.2) is 29.6 Å². The molecule has 2 N–H and O–H groups in total. The lowest BCUT2D eigenvalue weighted by molar-refractivity contribution is -0.121. The topological polar surface area (TPSA) is 79.3 Å². The average Bonchev–Trinajstić information content (AvgIpc) is 2.91. The molecule has 1 atom stereocenters. The first-order chi connectivity index (χ1) is 9.95. The van der Waals surface area contributed by atoms with Gasteiger partial charge in [-0.15, -0.1) is 11.3 Å². The van der Waals surface area contributed by atoms with E-state index in [-0.39, 0.29) is 29.9 Å². The number of hydrogen-bond acceptors (Lipinski definition) is 4. The Hall–Kier alpha value is -2.28. The second-order valence-electron chi connectivity index (χ2n) is 4.47. The van der Waals surface area contributed by atoms with Gasteiger partial charge in [0.2, 0.25) is 5.91 Å². The van der Waals surface area contributed by atoms with E-state index in [1.54, 1.807) is 19.1 Å². The molecule has 1 unspecified atom stereocenters. The van der Waals surface area contributed by atoms with Crippen LogP contribution in [-0.2, 0) is 11.2 Å². The molecule has 1 amide bonds. The van der Waals surface area contributed by atoms with Crippen LogP contribution in [0.25, 0.3) is 0 Å². The van der Waals surface area contributed by atoms with Crippen molar-refractivity contribution in [1.29, 1.82) is 0 Å². The zero-order valence-corrected chi connectivity index (χ0v) is 12.0. The molecule has 1 aromatic heterocycles. The number of hydrogen-bond donors (Lipinski definition) is 2. The van der Waals surface area contributed by atoms with Gasteiger partial charge in [-0.25, -0.2) is 14.2 Å². The minimum absolute atomic E-state index is 0.0327. The van der Waals surface area contributed by atoms with Gasteiger partial charge < -0.3 is 10.4 Å². The molecule has 5 nitrogen and oxygen atoms in total. The summed E-state index contributed by atoms with van der Waals surface area (Å²) in [7, 11) is 0. The van der Waals surface area contributed by atoms with Crippen molar-refractivity contribution in [1.82, 2.24) is 10.3 Å². The number of rotatable bonds is 5. The zero-order valence-electron chi connectivity index (χ0n) is 11.2. The predicted molar refractivity (Wildman–Crippen MR) is 75.7 cm³/mol. The van der Waals surface area contributed by atoms with Gasteiger partial charge in [0.15, 0.2) is 5.69 Å². The number of carbonyl (C=O) groups excluding carboxylic acids is 1. The quantitative estimate of drug-likeness (QED) is 0.889. The Morgan fingerprint density at radius 1 is 1.38 bits per heavy atom. The van der Waals surface area contributed by atoms with Crippen LogP contribution in [0, 0.1) is 5.82 Å². The van der Waals surface area contributed by atoms with Gasteiger partial charge >= 0.3 is 5.97 Å². The lowest BCUT2D eigenvalue weighted by Gasteiger charge is -2.11. The number of aromatic carboxylic acids is 1. The van der Waals surface area contributed by atoms with Crippen molar-refractivity contribution in [3.8, 4) is 0 Å². The smallest absolute Gasteiger partial charge is 0.355 e. The van der Waals surface area contributed by atoms with Gasteiger partial charge in [-0.05, 0) is 24.6 Å². The van der Waals surface area contributed by atoms with Crippen LogP contribution in [0.4, 0.5) is 4.39 Å². The molecule has 2 aromatic rings. The molecule has 7 heteroatoms. The molecule has 0 aliphatic rings. The van der Waals surface area contributed by atoms with Crippen molar-refractivity contribution >= 4 is 23.2 Å². The van der Waals surface area contributed by atoms with E-state index >= 15 is 0 Å². The van der Waals surface area contributed by atoms with E-state index in [0.717, 1.165) is 0 Å². The molecule has 21 heavy (non-hydrogen) atoms. The van der Waals surface area contributed by atoms with E-state index in [1.807, 2.05) is 0 Å². The van der Waals surface area contributed by atoms with Gasteiger partial charge in [0.1, 0.15) is 10.8 Å². The van der Waals surface area contributed by atoms with E-state index in [1.165, 1.54) is 28.8 Å². The number of halogens is 1. The first-order valence-electron chi connectivity index (χ1n) is 6.18. The largest absolute Gasteiger partial charge is 0.476 e. The molecular formula is C14H13FN2O3S. The van der Waals surface area contributed by atoms with Gasteiger partial charge in [0, 0.05) is 5.38 Å². The Balaban J connectivity index is 1.95. The molecule has 110 valence electrons. The SMILES string of the molecule is CC(NC(=O)Cc1ccc(F)cc1)c1nc(C(=O)O)cs1. The molecule has 1 heterocycles. The standard InChI is InChI=1S/C14H13FN2O3S/c1-8(13-17-11(7-21-13)14(19)20)16-12(18)6-9-2-4-10(15)5-3-9/h2-5,7-8H,6H2,1H3,(H,16,18)(H,19,20). The van der Waals surface area contributed by atoms with E-state index in [4.69, 9.17) is 5.11 Å². The fourth-order valence-electron chi connectivity index (χ4n) is 1.73. The van der Waals surface area contributed by atoms with Gasteiger partial charge in [-0.2, -0.15) is 0 Å². The van der Waals surface area contributed by atoms with Crippen LogP contribution in [0.3, 0.4) is 0 Å². The van der Waals surface area contributed by atoms with Crippen LogP contribution < -0.4 is 5.32 Å². The molecule has 0 spiro atoms. The summed E-state index contributed by atoms with van der Waals surface area (Å²) in [5, 5.41) is 13.5. The van der Waals surface area contributed by atoms with Crippen molar-refractivity contribution in [2.45, 2.75) is 19.4 Å². The van der Waals surface area contributed by atoms with Crippen molar-refractivity contribution in [3.05, 3.63) is 51.7 Å². The second-order valence-corrected chi connectivity index (χ2v) is 5.36. The van der Waals surface area contributed by atoms with Crippen LogP contribution in [0.2, 0.25) is 0 Å². The monoisotopic (exact) mass is 308 g/mol. The molecule has 0 aliphatic carbocycles. The van der Waals surface area contributed by atoms with Crippen molar-refractivity contribution < 1.29 is 19.1 Å². The number of aromatic nitrogens is 1. The maximum Gasteiger partial charge on any atom is 0.355 e. The molecule has 2 rings (SSSR count). The number of carboxylic acid groups (broad SMARTS) is 1. The third-order valence-corrected chi connectivity index (χ3v) is 3.79. The van der Waals surface area contributed by atoms with E-state index in [9.17, 15) is 14.0 Å². The lowest BCUT2D eigenvalue weighted by Crippen LogP contribution is -2.28. The first kappa shape index (κ1) is 15.1. The highest BCUT2D eigenvalue weighted by molar-refractivity contribution is 7.09. The Morgan fingerprint density at radius 3 is 2.62 bits per heavy atom. The molecular weight excluding hydrogens is 295 g/mol. The molecule has 1 aromatic carbocycles. The van der Waals surface area contributed by atoms with E-state index < -0.39 is 5.97 Å². The minimum Gasteiger partial charge on any atom is -0.476 e. The molecule has 0 radical (unpaired) electrons. The second kappa shape index (κ2) is 6.45. The molecule has 0 saturated heterocycles. The summed E-state index contributed by atoms with van der Waals surface area (Å²) in [5.41, 5.74) is 0.668. The molecule has 0 bridgehead atoms. The Morgan fingerprint density at radius 2 is 2.05 bits per heavy atom. The van der Waals surface area contributed by atoms with Crippen LogP contribution in [0.5, 0.6) is 0 Å². The number of carbonyl (C=O) groups is 2. The Kier molecular flexibility index (Phi) is 4.64. The number of carboxylic acids is 1. The van der Waals surface area contributed by atoms with Gasteiger partial charge in [-0.1, -0.05) is 12.1 Å². The highest BCUT2D eigenvalue weighted by Gasteiger charge is 2.16. The maximum absolute atomic E-state index is 12.8.